The molecule has 0 fully saturated rings. The maximum absolute atomic E-state index is 12.5. The van der Waals surface area contributed by atoms with Gasteiger partial charge in [-0.15, -0.1) is 0 Å². The van der Waals surface area contributed by atoms with Gasteiger partial charge in [0.2, 0.25) is 0 Å². The van der Waals surface area contributed by atoms with E-state index in [0.717, 1.165) is 10.1 Å². The zero-order valence-electron chi connectivity index (χ0n) is 11.1. The Hall–Kier alpha value is -1.85. The summed E-state index contributed by atoms with van der Waals surface area (Å²) < 4.78 is 2.65. The molecule has 0 saturated carbocycles. The number of nitrogens with one attached hydrogen (secondary N) is 1. The molecule has 0 bridgehead atoms. The third-order valence-electron chi connectivity index (χ3n) is 3.07. The first kappa shape index (κ1) is 14.1. The van der Waals surface area contributed by atoms with Crippen LogP contribution in [0.15, 0.2) is 47.1 Å². The van der Waals surface area contributed by atoms with Crippen molar-refractivity contribution in [2.75, 3.05) is 5.32 Å². The van der Waals surface area contributed by atoms with Gasteiger partial charge in [-0.05, 0) is 59.3 Å². The van der Waals surface area contributed by atoms with Crippen LogP contribution in [-0.4, -0.2) is 15.3 Å². The number of nitrogens with zero attached hydrogens (tertiary/aromatic N) is 2. The molecule has 21 heavy (non-hydrogen) atoms. The number of benzene rings is 1. The smallest absolute Gasteiger partial charge is 0.274 e. The molecule has 6 heteroatoms. The molecule has 0 aliphatic carbocycles. The molecular weight excluding hydrogens is 354 g/mol. The first-order chi connectivity index (χ1) is 10.0. The Kier molecular flexibility index (Phi) is 3.69. The molecule has 1 amide bonds. The molecule has 3 aromatic rings. The number of aryl methyl sites for hydroxylation is 1. The minimum absolute atomic E-state index is 0.208. The minimum atomic E-state index is -0.208. The molecule has 0 atom stereocenters. The third-order valence-corrected chi connectivity index (χ3v) is 3.79. The molecule has 0 spiro atoms. The SMILES string of the molecule is Cc1nc2ccc(Br)cn2c1C(=O)Nc1ccc(Cl)cc1. The van der Waals surface area contributed by atoms with E-state index in [4.69, 9.17) is 11.6 Å². The second-order valence-corrected chi connectivity index (χ2v) is 5.93. The summed E-state index contributed by atoms with van der Waals surface area (Å²) in [6.07, 6.45) is 1.83. The number of anilines is 1. The van der Waals surface area contributed by atoms with E-state index in [9.17, 15) is 4.79 Å². The van der Waals surface area contributed by atoms with E-state index >= 15 is 0 Å². The molecule has 0 saturated heterocycles. The zero-order chi connectivity index (χ0) is 15.0. The first-order valence-corrected chi connectivity index (χ1v) is 7.43. The number of amides is 1. The first-order valence-electron chi connectivity index (χ1n) is 6.26. The quantitative estimate of drug-likeness (QED) is 0.736. The predicted octanol–water partition coefficient (Wildman–Crippen LogP) is 4.31. The van der Waals surface area contributed by atoms with Crippen LogP contribution in [0.5, 0.6) is 0 Å². The lowest BCUT2D eigenvalue weighted by Gasteiger charge is -2.06. The molecule has 0 aliphatic rings. The number of carbonyl (C=O) groups is 1. The summed E-state index contributed by atoms with van der Waals surface area (Å²) in [5.74, 6) is -0.208. The van der Waals surface area contributed by atoms with Crippen molar-refractivity contribution in [3.8, 4) is 0 Å². The fourth-order valence-electron chi connectivity index (χ4n) is 2.13. The molecule has 0 unspecified atom stereocenters. The van der Waals surface area contributed by atoms with Crippen molar-refractivity contribution in [3.63, 3.8) is 0 Å². The summed E-state index contributed by atoms with van der Waals surface area (Å²) in [6.45, 7) is 1.82. The second-order valence-electron chi connectivity index (χ2n) is 4.58. The van der Waals surface area contributed by atoms with E-state index in [0.29, 0.717) is 22.1 Å². The van der Waals surface area contributed by atoms with Gasteiger partial charge in [-0.3, -0.25) is 9.20 Å². The summed E-state index contributed by atoms with van der Waals surface area (Å²) in [5, 5.41) is 3.48. The van der Waals surface area contributed by atoms with Crippen molar-refractivity contribution in [2.24, 2.45) is 0 Å². The number of rotatable bonds is 2. The molecule has 0 aliphatic heterocycles. The minimum Gasteiger partial charge on any atom is -0.321 e. The Labute approximate surface area is 134 Å². The normalized spacial score (nSPS) is 10.8. The molecule has 2 heterocycles. The predicted molar refractivity (Wildman–Crippen MR) is 87.0 cm³/mol. The third kappa shape index (κ3) is 2.80. The van der Waals surface area contributed by atoms with E-state index in [1.54, 1.807) is 28.7 Å². The fraction of sp³-hybridized carbons (Fsp3) is 0.0667. The number of hydrogen-bond donors (Lipinski definition) is 1. The van der Waals surface area contributed by atoms with Gasteiger partial charge in [0.25, 0.3) is 5.91 Å². The Bertz CT molecular complexity index is 827. The topological polar surface area (TPSA) is 46.4 Å². The van der Waals surface area contributed by atoms with Gasteiger partial charge < -0.3 is 5.32 Å². The maximum atomic E-state index is 12.5. The Morgan fingerprint density at radius 2 is 1.95 bits per heavy atom. The van der Waals surface area contributed by atoms with Crippen molar-refractivity contribution in [3.05, 3.63) is 63.5 Å². The summed E-state index contributed by atoms with van der Waals surface area (Å²) in [7, 11) is 0. The molecule has 2 aromatic heterocycles. The van der Waals surface area contributed by atoms with Crippen LogP contribution in [0.3, 0.4) is 0 Å². The van der Waals surface area contributed by atoms with E-state index in [-0.39, 0.29) is 5.91 Å². The average Bonchev–Trinajstić information content (AvgIpc) is 2.76. The van der Waals surface area contributed by atoms with Crippen LogP contribution in [0.25, 0.3) is 5.65 Å². The van der Waals surface area contributed by atoms with Crippen molar-refractivity contribution < 1.29 is 4.79 Å². The number of carbonyl (C=O) groups excluding carboxylic acids is 1. The van der Waals surface area contributed by atoms with Crippen LogP contribution in [0.1, 0.15) is 16.2 Å². The van der Waals surface area contributed by atoms with Crippen molar-refractivity contribution in [1.29, 1.82) is 0 Å². The van der Waals surface area contributed by atoms with Crippen LogP contribution < -0.4 is 5.32 Å². The van der Waals surface area contributed by atoms with E-state index in [1.165, 1.54) is 0 Å². The molecule has 4 nitrogen and oxygen atoms in total. The average molecular weight is 365 g/mol. The number of hydrogen-bond acceptors (Lipinski definition) is 2. The Balaban J connectivity index is 1.99. The van der Waals surface area contributed by atoms with E-state index < -0.39 is 0 Å². The van der Waals surface area contributed by atoms with Crippen LogP contribution in [0.2, 0.25) is 5.02 Å². The zero-order valence-corrected chi connectivity index (χ0v) is 13.4. The second kappa shape index (κ2) is 5.50. The molecular formula is C15H11BrClN3O. The van der Waals surface area contributed by atoms with Crippen LogP contribution in [0.4, 0.5) is 5.69 Å². The molecule has 1 N–H and O–H groups in total. The fourth-order valence-corrected chi connectivity index (χ4v) is 2.60. The van der Waals surface area contributed by atoms with Gasteiger partial charge in [0.05, 0.1) is 5.69 Å². The lowest BCUT2D eigenvalue weighted by molar-refractivity contribution is 0.102. The Morgan fingerprint density at radius 3 is 2.67 bits per heavy atom. The van der Waals surface area contributed by atoms with Crippen molar-refractivity contribution >= 4 is 44.8 Å². The summed E-state index contributed by atoms with van der Waals surface area (Å²) in [4.78, 5) is 16.9. The van der Waals surface area contributed by atoms with Gasteiger partial charge in [-0.25, -0.2) is 4.98 Å². The maximum Gasteiger partial charge on any atom is 0.274 e. The molecule has 3 rings (SSSR count). The summed E-state index contributed by atoms with van der Waals surface area (Å²) >= 11 is 9.24. The highest BCUT2D eigenvalue weighted by Gasteiger charge is 2.16. The lowest BCUT2D eigenvalue weighted by atomic mass is 10.3. The van der Waals surface area contributed by atoms with Gasteiger partial charge >= 0.3 is 0 Å². The molecule has 1 aromatic carbocycles. The summed E-state index contributed by atoms with van der Waals surface area (Å²) in [5.41, 5.74) is 2.62. The van der Waals surface area contributed by atoms with Gasteiger partial charge in [-0.2, -0.15) is 0 Å². The number of imidazole rings is 1. The largest absolute Gasteiger partial charge is 0.321 e. The highest BCUT2D eigenvalue weighted by Crippen LogP contribution is 2.19. The monoisotopic (exact) mass is 363 g/mol. The molecule has 0 radical (unpaired) electrons. The van der Waals surface area contributed by atoms with Crippen LogP contribution in [-0.2, 0) is 0 Å². The van der Waals surface area contributed by atoms with Gasteiger partial charge in [0.1, 0.15) is 11.3 Å². The number of fused-ring (bicyclic) bond motifs is 1. The standard InChI is InChI=1S/C15H11BrClN3O/c1-9-14(20-8-10(16)2-7-13(20)18-9)15(21)19-12-5-3-11(17)4-6-12/h2-8H,1H3,(H,19,21). The Morgan fingerprint density at radius 1 is 1.24 bits per heavy atom. The lowest BCUT2D eigenvalue weighted by Crippen LogP contribution is -2.15. The van der Waals surface area contributed by atoms with Crippen LogP contribution >= 0.6 is 27.5 Å². The van der Waals surface area contributed by atoms with Gasteiger partial charge in [-0.1, -0.05) is 11.6 Å². The molecule has 106 valence electrons. The number of halogens is 2. The van der Waals surface area contributed by atoms with Crippen molar-refractivity contribution in [2.45, 2.75) is 6.92 Å². The van der Waals surface area contributed by atoms with Crippen molar-refractivity contribution in [1.82, 2.24) is 9.38 Å². The summed E-state index contributed by atoms with van der Waals surface area (Å²) in [6, 6.07) is 10.7. The highest BCUT2D eigenvalue weighted by molar-refractivity contribution is 9.10. The van der Waals surface area contributed by atoms with Gasteiger partial charge in [0, 0.05) is 21.4 Å². The van der Waals surface area contributed by atoms with E-state index in [2.05, 4.69) is 26.2 Å². The van der Waals surface area contributed by atoms with Crippen LogP contribution in [0, 0.1) is 6.92 Å². The number of pyridine rings is 1. The number of aromatic nitrogens is 2. The van der Waals surface area contributed by atoms with Gasteiger partial charge in [0.15, 0.2) is 0 Å². The van der Waals surface area contributed by atoms with E-state index in [1.807, 2.05) is 25.3 Å². The highest BCUT2D eigenvalue weighted by atomic mass is 79.9.